The van der Waals surface area contributed by atoms with E-state index in [1.54, 1.807) is 23.2 Å². The molecule has 1 aromatic heterocycles. The first-order valence-corrected chi connectivity index (χ1v) is 6.03. The first-order chi connectivity index (χ1) is 8.58. The van der Waals surface area contributed by atoms with Crippen LogP contribution in [0.5, 0.6) is 0 Å². The number of hydrogen-bond acceptors (Lipinski definition) is 3. The summed E-state index contributed by atoms with van der Waals surface area (Å²) in [5.74, 6) is -0.969. The lowest BCUT2D eigenvalue weighted by Crippen LogP contribution is -2.35. The Balaban J connectivity index is 2.10. The highest BCUT2D eigenvalue weighted by molar-refractivity contribution is 5.94. The summed E-state index contributed by atoms with van der Waals surface area (Å²) in [7, 11) is 0. The molecule has 1 heterocycles. The maximum atomic E-state index is 12.3. The predicted octanol–water partition coefficient (Wildman–Crippen LogP) is 1.47. The summed E-state index contributed by atoms with van der Waals surface area (Å²) in [4.78, 5) is 28.6. The molecular weight excluding hydrogens is 232 g/mol. The Hall–Kier alpha value is -1.91. The summed E-state index contributed by atoms with van der Waals surface area (Å²) in [6.45, 7) is 2.11. The molecule has 0 spiro atoms. The Morgan fingerprint density at radius 1 is 1.50 bits per heavy atom. The molecule has 2 rings (SSSR count). The predicted molar refractivity (Wildman–Crippen MR) is 65.3 cm³/mol. The molecule has 1 aliphatic carbocycles. The number of hydrogen-bond donors (Lipinski definition) is 1. The van der Waals surface area contributed by atoms with Gasteiger partial charge in [-0.1, -0.05) is 0 Å². The summed E-state index contributed by atoms with van der Waals surface area (Å²) in [5.41, 5.74) is 1.37. The second-order valence-corrected chi connectivity index (χ2v) is 4.56. The zero-order chi connectivity index (χ0) is 13.1. The molecule has 1 N–H and O–H groups in total. The Bertz CT molecular complexity index is 469. The van der Waals surface area contributed by atoms with E-state index in [-0.39, 0.29) is 24.9 Å². The molecule has 18 heavy (non-hydrogen) atoms. The van der Waals surface area contributed by atoms with Gasteiger partial charge in [0.2, 0.25) is 0 Å². The van der Waals surface area contributed by atoms with Crippen molar-refractivity contribution in [3.05, 3.63) is 29.6 Å². The molecular formula is C13H16N2O3. The van der Waals surface area contributed by atoms with E-state index in [1.807, 2.05) is 6.92 Å². The molecule has 1 saturated carbocycles. The standard InChI is InChI=1S/C13H16N2O3/c1-9-8-10(4-6-14-9)13(18)15(11-2-3-11)7-5-12(16)17/h4,6,8,11H,2-3,5,7H2,1H3,(H,16,17). The highest BCUT2D eigenvalue weighted by atomic mass is 16.4. The van der Waals surface area contributed by atoms with E-state index in [1.165, 1.54) is 0 Å². The van der Waals surface area contributed by atoms with Crippen LogP contribution in [0.4, 0.5) is 0 Å². The molecule has 5 nitrogen and oxygen atoms in total. The van der Waals surface area contributed by atoms with Gasteiger partial charge in [0.15, 0.2) is 0 Å². The number of pyridine rings is 1. The van der Waals surface area contributed by atoms with Crippen molar-refractivity contribution in [3.63, 3.8) is 0 Å². The molecule has 5 heteroatoms. The highest BCUT2D eigenvalue weighted by Crippen LogP contribution is 2.28. The fourth-order valence-corrected chi connectivity index (χ4v) is 1.90. The van der Waals surface area contributed by atoms with Gasteiger partial charge in [-0.3, -0.25) is 14.6 Å². The van der Waals surface area contributed by atoms with Gasteiger partial charge in [0.05, 0.1) is 6.42 Å². The summed E-state index contributed by atoms with van der Waals surface area (Å²) in [6.07, 6.45) is 3.53. The number of aliphatic carboxylic acids is 1. The SMILES string of the molecule is Cc1cc(C(=O)N(CCC(=O)O)C2CC2)ccn1. The number of carboxylic acid groups (broad SMARTS) is 1. The quantitative estimate of drug-likeness (QED) is 0.856. The van der Waals surface area contributed by atoms with Crippen LogP contribution in [-0.2, 0) is 4.79 Å². The van der Waals surface area contributed by atoms with E-state index < -0.39 is 5.97 Å². The van der Waals surface area contributed by atoms with Gasteiger partial charge in [0.25, 0.3) is 5.91 Å². The number of nitrogens with zero attached hydrogens (tertiary/aromatic N) is 2. The number of carbonyl (C=O) groups excluding carboxylic acids is 1. The van der Waals surface area contributed by atoms with Crippen LogP contribution in [-0.4, -0.2) is 39.5 Å². The molecule has 0 atom stereocenters. The van der Waals surface area contributed by atoms with Gasteiger partial charge in [-0.15, -0.1) is 0 Å². The average Bonchev–Trinajstić information content (AvgIpc) is 3.13. The van der Waals surface area contributed by atoms with Gasteiger partial charge in [0, 0.05) is 30.0 Å². The van der Waals surface area contributed by atoms with Gasteiger partial charge >= 0.3 is 5.97 Å². The van der Waals surface area contributed by atoms with Crippen molar-refractivity contribution >= 4 is 11.9 Å². The van der Waals surface area contributed by atoms with Crippen molar-refractivity contribution < 1.29 is 14.7 Å². The number of aromatic nitrogens is 1. The fourth-order valence-electron chi connectivity index (χ4n) is 1.90. The molecule has 1 aromatic rings. The van der Waals surface area contributed by atoms with Crippen LogP contribution < -0.4 is 0 Å². The lowest BCUT2D eigenvalue weighted by atomic mass is 10.2. The number of amides is 1. The van der Waals surface area contributed by atoms with Crippen molar-refractivity contribution in [3.8, 4) is 0 Å². The van der Waals surface area contributed by atoms with Crippen LogP contribution in [0.3, 0.4) is 0 Å². The van der Waals surface area contributed by atoms with Gasteiger partial charge in [-0.25, -0.2) is 0 Å². The van der Waals surface area contributed by atoms with Gasteiger partial charge in [-0.2, -0.15) is 0 Å². The first-order valence-electron chi connectivity index (χ1n) is 6.03. The molecule has 0 aromatic carbocycles. The number of carbonyl (C=O) groups is 2. The molecule has 0 bridgehead atoms. The van der Waals surface area contributed by atoms with Crippen LogP contribution in [0.1, 0.15) is 35.3 Å². The van der Waals surface area contributed by atoms with E-state index in [9.17, 15) is 9.59 Å². The largest absolute Gasteiger partial charge is 0.481 e. The third kappa shape index (κ3) is 3.06. The summed E-state index contributed by atoms with van der Waals surface area (Å²) in [5, 5.41) is 8.71. The third-order valence-corrected chi connectivity index (χ3v) is 2.96. The molecule has 0 saturated heterocycles. The second-order valence-electron chi connectivity index (χ2n) is 4.56. The third-order valence-electron chi connectivity index (χ3n) is 2.96. The normalized spacial score (nSPS) is 14.3. The van der Waals surface area contributed by atoms with Crippen LogP contribution in [0, 0.1) is 6.92 Å². The summed E-state index contributed by atoms with van der Waals surface area (Å²) in [6, 6.07) is 3.62. The Kier molecular flexibility index (Phi) is 3.60. The monoisotopic (exact) mass is 248 g/mol. The molecule has 0 unspecified atom stereocenters. The van der Waals surface area contributed by atoms with Crippen molar-refractivity contribution in [2.45, 2.75) is 32.2 Å². The van der Waals surface area contributed by atoms with Crippen molar-refractivity contribution in [2.75, 3.05) is 6.54 Å². The van der Waals surface area contributed by atoms with Gasteiger partial charge in [-0.05, 0) is 31.9 Å². The summed E-state index contributed by atoms with van der Waals surface area (Å²) < 4.78 is 0. The minimum Gasteiger partial charge on any atom is -0.481 e. The lowest BCUT2D eigenvalue weighted by Gasteiger charge is -2.21. The summed E-state index contributed by atoms with van der Waals surface area (Å²) >= 11 is 0. The van der Waals surface area contributed by atoms with Crippen molar-refractivity contribution in [1.29, 1.82) is 0 Å². The average molecular weight is 248 g/mol. The molecule has 0 aliphatic heterocycles. The van der Waals surface area contributed by atoms with E-state index in [0.29, 0.717) is 5.56 Å². The smallest absolute Gasteiger partial charge is 0.305 e. The minimum absolute atomic E-state index is 0.00763. The Labute approximate surface area is 105 Å². The molecule has 1 aliphatic rings. The van der Waals surface area contributed by atoms with E-state index in [4.69, 9.17) is 5.11 Å². The van der Waals surface area contributed by atoms with Crippen molar-refractivity contribution in [2.24, 2.45) is 0 Å². The lowest BCUT2D eigenvalue weighted by molar-refractivity contribution is -0.137. The Morgan fingerprint density at radius 2 is 2.22 bits per heavy atom. The van der Waals surface area contributed by atoms with Crippen LogP contribution in [0.2, 0.25) is 0 Å². The van der Waals surface area contributed by atoms with Crippen LogP contribution in [0.25, 0.3) is 0 Å². The zero-order valence-electron chi connectivity index (χ0n) is 10.3. The maximum Gasteiger partial charge on any atom is 0.305 e. The molecule has 96 valence electrons. The van der Waals surface area contributed by atoms with E-state index in [0.717, 1.165) is 18.5 Å². The topological polar surface area (TPSA) is 70.5 Å². The fraction of sp³-hybridized carbons (Fsp3) is 0.462. The molecule has 0 radical (unpaired) electrons. The maximum absolute atomic E-state index is 12.3. The molecule has 1 amide bonds. The number of rotatable bonds is 5. The van der Waals surface area contributed by atoms with Crippen molar-refractivity contribution in [1.82, 2.24) is 9.88 Å². The second kappa shape index (κ2) is 5.16. The first kappa shape index (κ1) is 12.5. The van der Waals surface area contributed by atoms with Gasteiger partial charge < -0.3 is 10.0 Å². The molecule has 1 fully saturated rings. The van der Waals surface area contributed by atoms with Crippen LogP contribution >= 0.6 is 0 Å². The number of aryl methyl sites for hydroxylation is 1. The Morgan fingerprint density at radius 3 is 2.78 bits per heavy atom. The van der Waals surface area contributed by atoms with Gasteiger partial charge in [0.1, 0.15) is 0 Å². The highest BCUT2D eigenvalue weighted by Gasteiger charge is 2.33. The van der Waals surface area contributed by atoms with E-state index in [2.05, 4.69) is 4.98 Å². The minimum atomic E-state index is -0.876. The van der Waals surface area contributed by atoms with E-state index >= 15 is 0 Å². The number of carboxylic acids is 1. The zero-order valence-corrected chi connectivity index (χ0v) is 10.3. The van der Waals surface area contributed by atoms with Crippen LogP contribution in [0.15, 0.2) is 18.3 Å².